The van der Waals surface area contributed by atoms with Crippen molar-refractivity contribution in [2.24, 2.45) is 7.05 Å². The van der Waals surface area contributed by atoms with E-state index in [1.165, 1.54) is 0 Å². The summed E-state index contributed by atoms with van der Waals surface area (Å²) in [4.78, 5) is 22.1. The fourth-order valence-electron chi connectivity index (χ4n) is 3.91. The Labute approximate surface area is 208 Å². The number of ether oxygens (including phenoxy) is 1. The molecule has 8 heteroatoms. The number of nitrogens with one attached hydrogen (secondary N) is 1. The largest absolute Gasteiger partial charge is 0.487 e. The van der Waals surface area contributed by atoms with Crippen LogP contribution in [0.25, 0.3) is 5.65 Å². The van der Waals surface area contributed by atoms with Gasteiger partial charge in [0, 0.05) is 42.4 Å². The highest BCUT2D eigenvalue weighted by Crippen LogP contribution is 2.23. The van der Waals surface area contributed by atoms with Gasteiger partial charge in [-0.3, -0.25) is 4.79 Å². The van der Waals surface area contributed by atoms with Gasteiger partial charge in [-0.25, -0.2) is 9.97 Å². The molecule has 0 spiro atoms. The summed E-state index contributed by atoms with van der Waals surface area (Å²) in [6.45, 7) is 2.38. The second-order valence-electron chi connectivity index (χ2n) is 8.37. The molecule has 0 aliphatic rings. The van der Waals surface area contributed by atoms with Crippen LogP contribution in [-0.2, 0) is 13.7 Å². The maximum atomic E-state index is 13.1. The third kappa shape index (κ3) is 5.05. The Balaban J connectivity index is 1.28. The van der Waals surface area contributed by atoms with Crippen molar-refractivity contribution in [3.8, 4) is 5.75 Å². The van der Waals surface area contributed by atoms with E-state index in [1.807, 2.05) is 65.8 Å². The fourth-order valence-corrected chi connectivity index (χ4v) is 4.03. The minimum absolute atomic E-state index is 0.213. The quantitative estimate of drug-likeness (QED) is 0.347. The second-order valence-corrected chi connectivity index (χ2v) is 8.81. The molecule has 0 aliphatic carbocycles. The van der Waals surface area contributed by atoms with E-state index in [9.17, 15) is 4.79 Å². The van der Waals surface area contributed by atoms with Crippen molar-refractivity contribution >= 4 is 23.2 Å². The number of pyridine rings is 1. The summed E-state index contributed by atoms with van der Waals surface area (Å²) in [6, 6.07) is 18.0. The number of fused-ring (bicyclic) bond motifs is 1. The molecule has 1 atom stereocenters. The molecule has 5 aromatic rings. The molecule has 0 aliphatic heterocycles. The maximum absolute atomic E-state index is 13.1. The zero-order chi connectivity index (χ0) is 24.4. The highest BCUT2D eigenvalue weighted by Gasteiger charge is 2.21. The van der Waals surface area contributed by atoms with Gasteiger partial charge in [0.25, 0.3) is 5.91 Å². The standard InChI is InChI=1S/C27H24ClN5O2/c1-18-3-12-24-30-22(16-33(24)15-18)17-35-23-10-6-20(7-11-23)27(34)31-25(26-29-13-14-32(26)2)19-4-8-21(28)9-5-19/h3-16,25H,17H2,1-2H3,(H,31,34)/t25-/m1/s1. The van der Waals surface area contributed by atoms with Crippen LogP contribution in [0.3, 0.4) is 0 Å². The van der Waals surface area contributed by atoms with Crippen molar-refractivity contribution in [2.75, 3.05) is 0 Å². The van der Waals surface area contributed by atoms with Gasteiger partial charge in [-0.2, -0.15) is 0 Å². The number of hydrogen-bond donors (Lipinski definition) is 1. The van der Waals surface area contributed by atoms with Gasteiger partial charge >= 0.3 is 0 Å². The van der Waals surface area contributed by atoms with Crippen LogP contribution in [0.4, 0.5) is 0 Å². The fraction of sp³-hybridized carbons (Fsp3) is 0.148. The smallest absolute Gasteiger partial charge is 0.252 e. The summed E-state index contributed by atoms with van der Waals surface area (Å²) >= 11 is 6.06. The van der Waals surface area contributed by atoms with Crippen LogP contribution in [-0.4, -0.2) is 24.8 Å². The van der Waals surface area contributed by atoms with E-state index in [1.54, 1.807) is 42.6 Å². The van der Waals surface area contributed by atoms with Crippen LogP contribution in [0.15, 0.2) is 85.5 Å². The van der Waals surface area contributed by atoms with Crippen LogP contribution in [0, 0.1) is 6.92 Å². The minimum atomic E-state index is -0.422. The Bertz CT molecular complexity index is 1470. The first-order valence-electron chi connectivity index (χ1n) is 11.2. The Hall–Kier alpha value is -4.10. The van der Waals surface area contributed by atoms with Gasteiger partial charge in [-0.1, -0.05) is 29.8 Å². The second kappa shape index (κ2) is 9.64. The number of rotatable bonds is 7. The van der Waals surface area contributed by atoms with Gasteiger partial charge in [-0.15, -0.1) is 0 Å². The third-order valence-electron chi connectivity index (χ3n) is 5.75. The van der Waals surface area contributed by atoms with Crippen molar-refractivity contribution in [1.29, 1.82) is 0 Å². The normalized spacial score (nSPS) is 12.0. The van der Waals surface area contributed by atoms with E-state index >= 15 is 0 Å². The van der Waals surface area contributed by atoms with E-state index in [2.05, 4.69) is 15.3 Å². The molecule has 1 N–H and O–H groups in total. The van der Waals surface area contributed by atoms with Crippen molar-refractivity contribution in [2.45, 2.75) is 19.6 Å². The van der Waals surface area contributed by atoms with Crippen molar-refractivity contribution in [1.82, 2.24) is 24.3 Å². The number of hydrogen-bond acceptors (Lipinski definition) is 4. The molecule has 0 saturated heterocycles. The molecule has 0 unspecified atom stereocenters. The number of amides is 1. The number of aromatic nitrogens is 4. The van der Waals surface area contributed by atoms with E-state index in [4.69, 9.17) is 16.3 Å². The zero-order valence-corrected chi connectivity index (χ0v) is 20.1. The first-order chi connectivity index (χ1) is 17.0. The van der Waals surface area contributed by atoms with Crippen LogP contribution in [0.5, 0.6) is 5.75 Å². The Kier molecular flexibility index (Phi) is 6.25. The molecule has 0 bridgehead atoms. The number of imidazole rings is 2. The average molecular weight is 486 g/mol. The average Bonchev–Trinajstić information content (AvgIpc) is 3.47. The van der Waals surface area contributed by atoms with E-state index in [0.29, 0.717) is 22.9 Å². The Morgan fingerprint density at radius 3 is 2.54 bits per heavy atom. The number of benzene rings is 2. The van der Waals surface area contributed by atoms with E-state index in [0.717, 1.165) is 28.3 Å². The minimum Gasteiger partial charge on any atom is -0.487 e. The lowest BCUT2D eigenvalue weighted by Gasteiger charge is -2.19. The summed E-state index contributed by atoms with van der Waals surface area (Å²) in [5, 5.41) is 3.72. The van der Waals surface area contributed by atoms with Crippen LogP contribution < -0.4 is 10.1 Å². The highest BCUT2D eigenvalue weighted by atomic mass is 35.5. The number of halogens is 1. The predicted octanol–water partition coefficient (Wildman–Crippen LogP) is 5.13. The van der Waals surface area contributed by atoms with Crippen LogP contribution >= 0.6 is 11.6 Å². The molecule has 1 amide bonds. The summed E-state index contributed by atoms with van der Waals surface area (Å²) in [6.07, 6.45) is 7.54. The molecule has 5 rings (SSSR count). The van der Waals surface area contributed by atoms with Gasteiger partial charge in [0.15, 0.2) is 0 Å². The molecular formula is C27H24ClN5O2. The van der Waals surface area contributed by atoms with Gasteiger partial charge in [0.1, 0.15) is 29.9 Å². The van der Waals surface area contributed by atoms with Crippen molar-refractivity contribution in [3.05, 3.63) is 119 Å². The van der Waals surface area contributed by atoms with E-state index < -0.39 is 6.04 Å². The molecule has 0 fully saturated rings. The molecule has 7 nitrogen and oxygen atoms in total. The molecule has 176 valence electrons. The summed E-state index contributed by atoms with van der Waals surface area (Å²) in [5.41, 5.74) is 4.29. The van der Waals surface area contributed by atoms with Gasteiger partial charge in [0.05, 0.1) is 5.69 Å². The first kappa shape index (κ1) is 22.7. The van der Waals surface area contributed by atoms with E-state index in [-0.39, 0.29) is 5.91 Å². The zero-order valence-electron chi connectivity index (χ0n) is 19.4. The molecule has 2 aromatic carbocycles. The first-order valence-corrected chi connectivity index (χ1v) is 11.5. The Morgan fingerprint density at radius 2 is 1.83 bits per heavy atom. The molecule has 3 heterocycles. The highest BCUT2D eigenvalue weighted by molar-refractivity contribution is 6.30. The van der Waals surface area contributed by atoms with Gasteiger partial charge < -0.3 is 19.0 Å². The van der Waals surface area contributed by atoms with Crippen LogP contribution in [0.1, 0.15) is 39.0 Å². The number of carbonyl (C=O) groups is 1. The van der Waals surface area contributed by atoms with Gasteiger partial charge in [-0.05, 0) is 60.5 Å². The summed E-state index contributed by atoms with van der Waals surface area (Å²) in [5.74, 6) is 1.17. The molecule has 0 radical (unpaired) electrons. The lowest BCUT2D eigenvalue weighted by atomic mass is 10.1. The molecule has 0 saturated carbocycles. The topological polar surface area (TPSA) is 73.4 Å². The van der Waals surface area contributed by atoms with Gasteiger partial charge in [0.2, 0.25) is 0 Å². The number of aryl methyl sites for hydroxylation is 2. The summed E-state index contributed by atoms with van der Waals surface area (Å²) in [7, 11) is 1.90. The number of carbonyl (C=O) groups excluding carboxylic acids is 1. The van der Waals surface area contributed by atoms with Crippen LogP contribution in [0.2, 0.25) is 5.02 Å². The Morgan fingerprint density at radius 1 is 1.06 bits per heavy atom. The summed E-state index contributed by atoms with van der Waals surface area (Å²) < 4.78 is 9.76. The number of nitrogens with zero attached hydrogens (tertiary/aromatic N) is 4. The maximum Gasteiger partial charge on any atom is 0.252 e. The van der Waals surface area contributed by atoms with Crippen molar-refractivity contribution in [3.63, 3.8) is 0 Å². The predicted molar refractivity (Wildman–Crippen MR) is 135 cm³/mol. The molecular weight excluding hydrogens is 462 g/mol. The monoisotopic (exact) mass is 485 g/mol. The SMILES string of the molecule is Cc1ccc2nc(COc3ccc(C(=O)N[C@H](c4ccc(Cl)cc4)c4nccn4C)cc3)cn2c1. The lowest BCUT2D eigenvalue weighted by molar-refractivity contribution is 0.0941. The lowest BCUT2D eigenvalue weighted by Crippen LogP contribution is -2.31. The third-order valence-corrected chi connectivity index (χ3v) is 6.00. The molecule has 35 heavy (non-hydrogen) atoms. The van der Waals surface area contributed by atoms with Crippen molar-refractivity contribution < 1.29 is 9.53 Å². The molecule has 3 aromatic heterocycles.